The molecule has 2 aromatic carbocycles. The number of imidazole rings is 1. The molecule has 0 bridgehead atoms. The average Bonchev–Trinajstić information content (AvgIpc) is 3.16. The lowest BCUT2D eigenvalue weighted by atomic mass is 9.92. The molecule has 0 amide bonds. The normalized spacial score (nSPS) is 18.3. The number of hydrogen-bond acceptors (Lipinski definition) is 7. The van der Waals surface area contributed by atoms with Crippen LogP contribution in [-0.4, -0.2) is 31.6 Å². The summed E-state index contributed by atoms with van der Waals surface area (Å²) in [5.74, 6) is 1.68. The molecule has 0 radical (unpaired) electrons. The lowest BCUT2D eigenvalue weighted by Gasteiger charge is -2.26. The minimum absolute atomic E-state index is 0.278. The van der Waals surface area contributed by atoms with Crippen molar-refractivity contribution < 1.29 is 0 Å². The first kappa shape index (κ1) is 22.4. The van der Waals surface area contributed by atoms with Gasteiger partial charge < -0.3 is 27.1 Å². The van der Waals surface area contributed by atoms with E-state index in [1.54, 1.807) is 6.07 Å². The zero-order valence-electron chi connectivity index (χ0n) is 18.9. The van der Waals surface area contributed by atoms with Crippen LogP contribution >= 0.6 is 11.6 Å². The van der Waals surface area contributed by atoms with Gasteiger partial charge in [-0.15, -0.1) is 0 Å². The number of nitrogens with one attached hydrogen (secondary N) is 1. The van der Waals surface area contributed by atoms with E-state index in [1.807, 2.05) is 30.3 Å². The van der Waals surface area contributed by atoms with Gasteiger partial charge in [-0.3, -0.25) is 0 Å². The highest BCUT2D eigenvalue weighted by molar-refractivity contribution is 6.30. The van der Waals surface area contributed by atoms with Crippen molar-refractivity contribution in [3.8, 4) is 0 Å². The average molecular weight is 477 g/mol. The van der Waals surface area contributed by atoms with Gasteiger partial charge in [0.25, 0.3) is 0 Å². The standard InChI is InChI=1S/C25H29ClN8/c26-17-6-11-20(28)16(12-17)13-21-31-22-23(29)32-25(30-19-9-7-18(27)8-10-19)33-24(22)34(21)14-15-4-2-1-3-5-15/h1-6,11-12,18-19H,7-10,13-14,27-28H2,(H3,29,30,32,33). The summed E-state index contributed by atoms with van der Waals surface area (Å²) in [4.78, 5) is 14.2. The molecular weight excluding hydrogens is 448 g/mol. The van der Waals surface area contributed by atoms with Crippen molar-refractivity contribution >= 4 is 40.2 Å². The Kier molecular flexibility index (Phi) is 6.26. The third-order valence-corrected chi connectivity index (χ3v) is 6.68. The molecule has 1 saturated carbocycles. The first-order chi connectivity index (χ1) is 16.5. The van der Waals surface area contributed by atoms with Crippen molar-refractivity contribution in [1.82, 2.24) is 19.5 Å². The fraction of sp³-hybridized carbons (Fsp3) is 0.320. The molecule has 176 valence electrons. The largest absolute Gasteiger partial charge is 0.398 e. The fourth-order valence-corrected chi connectivity index (χ4v) is 4.74. The Labute approximate surface area is 203 Å². The summed E-state index contributed by atoms with van der Waals surface area (Å²) in [5.41, 5.74) is 22.7. The van der Waals surface area contributed by atoms with Gasteiger partial charge in [0.1, 0.15) is 5.82 Å². The van der Waals surface area contributed by atoms with Gasteiger partial charge in [-0.1, -0.05) is 41.9 Å². The summed E-state index contributed by atoms with van der Waals surface area (Å²) < 4.78 is 2.09. The van der Waals surface area contributed by atoms with Crippen LogP contribution in [0.2, 0.25) is 5.02 Å². The molecule has 2 aromatic heterocycles. The van der Waals surface area contributed by atoms with Crippen LogP contribution in [0.15, 0.2) is 48.5 Å². The number of nitrogens with two attached hydrogens (primary N) is 3. The lowest BCUT2D eigenvalue weighted by Crippen LogP contribution is -2.33. The molecule has 4 aromatic rings. The number of nitrogen functional groups attached to an aromatic ring is 2. The van der Waals surface area contributed by atoms with Crippen LogP contribution in [0.3, 0.4) is 0 Å². The number of aromatic nitrogens is 4. The quantitative estimate of drug-likeness (QED) is 0.309. The summed E-state index contributed by atoms with van der Waals surface area (Å²) in [5, 5.41) is 4.10. The van der Waals surface area contributed by atoms with E-state index >= 15 is 0 Å². The molecule has 7 N–H and O–H groups in total. The molecule has 0 aliphatic heterocycles. The Morgan fingerprint density at radius 2 is 1.74 bits per heavy atom. The third kappa shape index (κ3) is 4.78. The summed E-state index contributed by atoms with van der Waals surface area (Å²) in [6.45, 7) is 0.599. The molecule has 0 atom stereocenters. The van der Waals surface area contributed by atoms with Crippen molar-refractivity contribution in [3.05, 3.63) is 70.5 Å². The SMILES string of the molecule is Nc1ccc(Cl)cc1Cc1nc2c(N)nc(NC3CCC(N)CC3)nc2n1Cc1ccccc1. The highest BCUT2D eigenvalue weighted by Gasteiger charge is 2.22. The predicted molar refractivity (Wildman–Crippen MR) is 138 cm³/mol. The number of fused-ring (bicyclic) bond motifs is 1. The number of halogens is 1. The third-order valence-electron chi connectivity index (χ3n) is 6.44. The van der Waals surface area contributed by atoms with Crippen molar-refractivity contribution in [2.24, 2.45) is 5.73 Å². The topological polar surface area (TPSA) is 134 Å². The van der Waals surface area contributed by atoms with Crippen molar-refractivity contribution in [1.29, 1.82) is 0 Å². The van der Waals surface area contributed by atoms with Crippen molar-refractivity contribution in [2.75, 3.05) is 16.8 Å². The second kappa shape index (κ2) is 9.48. The van der Waals surface area contributed by atoms with Gasteiger partial charge in [-0.25, -0.2) is 4.98 Å². The van der Waals surface area contributed by atoms with Gasteiger partial charge in [0.05, 0.1) is 6.54 Å². The number of hydrogen-bond donors (Lipinski definition) is 4. The smallest absolute Gasteiger partial charge is 0.226 e. The Hall–Kier alpha value is -3.36. The molecule has 9 heteroatoms. The van der Waals surface area contributed by atoms with Gasteiger partial charge in [-0.05, 0) is 55.0 Å². The van der Waals surface area contributed by atoms with Gasteiger partial charge >= 0.3 is 0 Å². The van der Waals surface area contributed by atoms with E-state index in [2.05, 4.69) is 27.0 Å². The van der Waals surface area contributed by atoms with Crippen LogP contribution in [0.5, 0.6) is 0 Å². The van der Waals surface area contributed by atoms with Gasteiger partial charge in [0.2, 0.25) is 5.95 Å². The summed E-state index contributed by atoms with van der Waals surface area (Å²) >= 11 is 6.24. The fourth-order valence-electron chi connectivity index (χ4n) is 4.54. The second-order valence-electron chi connectivity index (χ2n) is 8.98. The zero-order valence-corrected chi connectivity index (χ0v) is 19.7. The lowest BCUT2D eigenvalue weighted by molar-refractivity contribution is 0.410. The molecule has 1 aliphatic rings. The zero-order chi connectivity index (χ0) is 23.7. The van der Waals surface area contributed by atoms with Crippen molar-refractivity contribution in [3.63, 3.8) is 0 Å². The highest BCUT2D eigenvalue weighted by atomic mass is 35.5. The minimum Gasteiger partial charge on any atom is -0.398 e. The summed E-state index contributed by atoms with van der Waals surface area (Å²) in [7, 11) is 0. The molecule has 0 saturated heterocycles. The van der Waals surface area contributed by atoms with Crippen LogP contribution in [0.4, 0.5) is 17.5 Å². The number of nitrogens with zero attached hydrogens (tertiary/aromatic N) is 4. The van der Waals surface area contributed by atoms with E-state index in [9.17, 15) is 0 Å². The first-order valence-electron chi connectivity index (χ1n) is 11.6. The molecule has 1 aliphatic carbocycles. The Balaban J connectivity index is 1.55. The summed E-state index contributed by atoms with van der Waals surface area (Å²) in [6, 6.07) is 16.2. The van der Waals surface area contributed by atoms with Crippen molar-refractivity contribution in [2.45, 2.75) is 50.7 Å². The maximum absolute atomic E-state index is 6.37. The Bertz CT molecular complexity index is 1300. The van der Waals surface area contributed by atoms with Gasteiger partial charge in [0.15, 0.2) is 17.0 Å². The van der Waals surface area contributed by atoms with E-state index in [1.165, 1.54) is 0 Å². The molecular formula is C25H29ClN8. The van der Waals surface area contributed by atoms with Crippen LogP contribution in [0.1, 0.15) is 42.6 Å². The molecule has 0 unspecified atom stereocenters. The minimum atomic E-state index is 0.278. The number of benzene rings is 2. The van der Waals surface area contributed by atoms with E-state index in [0.29, 0.717) is 46.6 Å². The molecule has 8 nitrogen and oxygen atoms in total. The predicted octanol–water partition coefficient (Wildman–Crippen LogP) is 3.97. The van der Waals surface area contributed by atoms with E-state index in [0.717, 1.165) is 42.6 Å². The number of anilines is 3. The molecule has 5 rings (SSSR count). The van der Waals surface area contributed by atoms with Gasteiger partial charge in [0, 0.05) is 29.2 Å². The van der Waals surface area contributed by atoms with Crippen LogP contribution < -0.4 is 22.5 Å². The second-order valence-corrected chi connectivity index (χ2v) is 9.42. The Morgan fingerprint density at radius 3 is 2.50 bits per heavy atom. The Morgan fingerprint density at radius 1 is 0.971 bits per heavy atom. The monoisotopic (exact) mass is 476 g/mol. The first-order valence-corrected chi connectivity index (χ1v) is 12.0. The van der Waals surface area contributed by atoms with Crippen LogP contribution in [0, 0.1) is 0 Å². The molecule has 2 heterocycles. The molecule has 1 fully saturated rings. The van der Waals surface area contributed by atoms with Crippen LogP contribution in [-0.2, 0) is 13.0 Å². The van der Waals surface area contributed by atoms with Gasteiger partial charge in [-0.2, -0.15) is 9.97 Å². The molecule has 34 heavy (non-hydrogen) atoms. The van der Waals surface area contributed by atoms with E-state index in [-0.39, 0.29) is 12.1 Å². The van der Waals surface area contributed by atoms with E-state index in [4.69, 9.17) is 38.8 Å². The van der Waals surface area contributed by atoms with Crippen LogP contribution in [0.25, 0.3) is 11.2 Å². The number of rotatable bonds is 6. The molecule has 0 spiro atoms. The highest BCUT2D eigenvalue weighted by Crippen LogP contribution is 2.27. The maximum atomic E-state index is 6.37. The van der Waals surface area contributed by atoms with E-state index < -0.39 is 0 Å². The summed E-state index contributed by atoms with van der Waals surface area (Å²) in [6.07, 6.45) is 4.47. The maximum Gasteiger partial charge on any atom is 0.226 e.